The molecule has 4 nitrogen and oxygen atoms in total. The molecule has 78 valence electrons. The fourth-order valence-electron chi connectivity index (χ4n) is 0.540. The zero-order valence-corrected chi connectivity index (χ0v) is 8.62. The van der Waals surface area contributed by atoms with Gasteiger partial charge in [0.2, 0.25) is 5.76 Å². The highest BCUT2D eigenvalue weighted by Gasteiger charge is 2.20. The molecule has 0 aromatic heterocycles. The third kappa shape index (κ3) is 5.13. The standard InChI is InChI=1S/C10H14O4/c1-6-8(11)13-7(2)9(12)14-10(3,4)5/h6H,1-2H2,3-5H3. The fraction of sp³-hybridized carbons (Fsp3) is 0.400. The van der Waals surface area contributed by atoms with E-state index in [-0.39, 0.29) is 5.76 Å². The van der Waals surface area contributed by atoms with Gasteiger partial charge in [-0.3, -0.25) is 0 Å². The van der Waals surface area contributed by atoms with Crippen LogP contribution in [0.4, 0.5) is 0 Å². The lowest BCUT2D eigenvalue weighted by molar-refractivity contribution is -0.157. The summed E-state index contributed by atoms with van der Waals surface area (Å²) in [6.45, 7) is 11.5. The van der Waals surface area contributed by atoms with Crippen LogP contribution < -0.4 is 0 Å². The Labute approximate surface area is 83.2 Å². The molecule has 4 heteroatoms. The predicted octanol–water partition coefficient (Wildman–Crippen LogP) is 1.57. The maximum Gasteiger partial charge on any atom is 0.374 e. The molecule has 0 aliphatic carbocycles. The number of esters is 2. The molecule has 0 spiro atoms. The van der Waals surface area contributed by atoms with Crippen LogP contribution in [0, 0.1) is 0 Å². The maximum absolute atomic E-state index is 11.2. The largest absolute Gasteiger partial charge is 0.454 e. The molecule has 0 N–H and O–H groups in total. The van der Waals surface area contributed by atoms with E-state index in [9.17, 15) is 9.59 Å². The number of carbonyl (C=O) groups excluding carboxylic acids is 2. The Morgan fingerprint density at radius 2 is 1.79 bits per heavy atom. The van der Waals surface area contributed by atoms with Crippen molar-refractivity contribution >= 4 is 11.9 Å². The Morgan fingerprint density at radius 3 is 2.14 bits per heavy atom. The average Bonchev–Trinajstić information content (AvgIpc) is 2.00. The topological polar surface area (TPSA) is 52.6 Å². The molecule has 0 aliphatic heterocycles. The first-order valence-electron chi connectivity index (χ1n) is 4.03. The monoisotopic (exact) mass is 198 g/mol. The highest BCUT2D eigenvalue weighted by molar-refractivity contribution is 5.91. The summed E-state index contributed by atoms with van der Waals surface area (Å²) in [5.41, 5.74) is -0.638. The summed E-state index contributed by atoms with van der Waals surface area (Å²) in [5.74, 6) is -1.83. The second kappa shape index (κ2) is 4.60. The van der Waals surface area contributed by atoms with E-state index < -0.39 is 17.5 Å². The quantitative estimate of drug-likeness (QED) is 0.392. The van der Waals surface area contributed by atoms with E-state index in [4.69, 9.17) is 4.74 Å². The van der Waals surface area contributed by atoms with Gasteiger partial charge in [0, 0.05) is 6.08 Å². The summed E-state index contributed by atoms with van der Waals surface area (Å²) in [7, 11) is 0. The molecule has 0 bridgehead atoms. The molecule has 0 amide bonds. The summed E-state index contributed by atoms with van der Waals surface area (Å²) >= 11 is 0. The van der Waals surface area contributed by atoms with Gasteiger partial charge in [0.25, 0.3) is 0 Å². The van der Waals surface area contributed by atoms with Crippen molar-refractivity contribution in [2.75, 3.05) is 0 Å². The molecule has 0 saturated carbocycles. The third-order valence-corrected chi connectivity index (χ3v) is 1.02. The highest BCUT2D eigenvalue weighted by Crippen LogP contribution is 2.10. The van der Waals surface area contributed by atoms with Gasteiger partial charge < -0.3 is 9.47 Å². The number of ether oxygens (including phenoxy) is 2. The van der Waals surface area contributed by atoms with E-state index in [0.29, 0.717) is 0 Å². The zero-order valence-electron chi connectivity index (χ0n) is 8.62. The molecule has 0 fully saturated rings. The third-order valence-electron chi connectivity index (χ3n) is 1.02. The smallest absolute Gasteiger partial charge is 0.374 e. The maximum atomic E-state index is 11.2. The van der Waals surface area contributed by atoms with Gasteiger partial charge in [0.1, 0.15) is 5.60 Å². The zero-order chi connectivity index (χ0) is 11.4. The number of hydrogen-bond acceptors (Lipinski definition) is 4. The molecule has 0 radical (unpaired) electrons. The second-order valence-corrected chi connectivity index (χ2v) is 3.55. The van der Waals surface area contributed by atoms with E-state index >= 15 is 0 Å². The van der Waals surface area contributed by atoms with Gasteiger partial charge >= 0.3 is 11.9 Å². The van der Waals surface area contributed by atoms with Crippen LogP contribution in [0.1, 0.15) is 20.8 Å². The van der Waals surface area contributed by atoms with Crippen LogP contribution in [0.3, 0.4) is 0 Å². The molecular formula is C10H14O4. The molecule has 0 saturated heterocycles. The summed E-state index contributed by atoms with van der Waals surface area (Å²) in [5, 5.41) is 0. The summed E-state index contributed by atoms with van der Waals surface area (Å²) in [6.07, 6.45) is 0.940. The van der Waals surface area contributed by atoms with E-state index in [2.05, 4.69) is 17.9 Å². The summed E-state index contributed by atoms with van der Waals surface area (Å²) in [4.78, 5) is 21.9. The Bertz CT molecular complexity index is 270. The van der Waals surface area contributed by atoms with Crippen molar-refractivity contribution in [2.45, 2.75) is 26.4 Å². The van der Waals surface area contributed by atoms with Crippen LogP contribution in [0.25, 0.3) is 0 Å². The Kier molecular flexibility index (Phi) is 4.08. The first-order valence-corrected chi connectivity index (χ1v) is 4.03. The van der Waals surface area contributed by atoms with Crippen LogP contribution >= 0.6 is 0 Å². The van der Waals surface area contributed by atoms with Crippen molar-refractivity contribution in [3.8, 4) is 0 Å². The Morgan fingerprint density at radius 1 is 1.29 bits per heavy atom. The lowest BCUT2D eigenvalue weighted by Crippen LogP contribution is -2.25. The lowest BCUT2D eigenvalue weighted by atomic mass is 10.2. The van der Waals surface area contributed by atoms with Crippen molar-refractivity contribution in [3.63, 3.8) is 0 Å². The van der Waals surface area contributed by atoms with Crippen molar-refractivity contribution in [3.05, 3.63) is 25.0 Å². The average molecular weight is 198 g/mol. The normalized spacial score (nSPS) is 10.2. The van der Waals surface area contributed by atoms with E-state index in [0.717, 1.165) is 6.08 Å². The first-order chi connectivity index (χ1) is 6.26. The van der Waals surface area contributed by atoms with Gasteiger partial charge in [-0.15, -0.1) is 0 Å². The van der Waals surface area contributed by atoms with E-state index in [1.165, 1.54) is 0 Å². The molecule has 0 atom stereocenters. The molecule has 0 unspecified atom stereocenters. The molecule has 14 heavy (non-hydrogen) atoms. The number of rotatable bonds is 3. The minimum Gasteiger partial charge on any atom is -0.454 e. The molecule has 0 aromatic carbocycles. The van der Waals surface area contributed by atoms with Crippen LogP contribution in [-0.2, 0) is 19.1 Å². The first kappa shape index (κ1) is 12.4. The van der Waals surface area contributed by atoms with Gasteiger partial charge in [-0.25, -0.2) is 9.59 Å². The van der Waals surface area contributed by atoms with Gasteiger partial charge in [0.15, 0.2) is 0 Å². The molecule has 0 heterocycles. The van der Waals surface area contributed by atoms with Crippen LogP contribution in [0.15, 0.2) is 25.0 Å². The van der Waals surface area contributed by atoms with E-state index in [1.807, 2.05) is 0 Å². The van der Waals surface area contributed by atoms with Crippen molar-refractivity contribution in [2.24, 2.45) is 0 Å². The Hall–Kier alpha value is -1.58. The molecule has 0 rings (SSSR count). The van der Waals surface area contributed by atoms with Crippen LogP contribution in [0.5, 0.6) is 0 Å². The summed E-state index contributed by atoms with van der Waals surface area (Å²) in [6, 6.07) is 0. The van der Waals surface area contributed by atoms with Gasteiger partial charge in [-0.2, -0.15) is 0 Å². The fourth-order valence-corrected chi connectivity index (χ4v) is 0.540. The highest BCUT2D eigenvalue weighted by atomic mass is 16.6. The SMILES string of the molecule is C=CC(=O)OC(=C)C(=O)OC(C)(C)C. The van der Waals surface area contributed by atoms with Crippen LogP contribution in [-0.4, -0.2) is 17.5 Å². The molecular weight excluding hydrogens is 184 g/mol. The lowest BCUT2D eigenvalue weighted by Gasteiger charge is -2.19. The van der Waals surface area contributed by atoms with Gasteiger partial charge in [-0.05, 0) is 27.4 Å². The minimum atomic E-state index is -0.757. The Balaban J connectivity index is 4.21. The number of hydrogen-bond donors (Lipinski definition) is 0. The molecule has 0 aromatic rings. The summed E-state index contributed by atoms with van der Waals surface area (Å²) < 4.78 is 9.38. The predicted molar refractivity (Wildman–Crippen MR) is 51.3 cm³/mol. The number of carbonyl (C=O) groups is 2. The second-order valence-electron chi connectivity index (χ2n) is 3.55. The van der Waals surface area contributed by atoms with Gasteiger partial charge in [-0.1, -0.05) is 6.58 Å². The van der Waals surface area contributed by atoms with E-state index in [1.54, 1.807) is 20.8 Å². The van der Waals surface area contributed by atoms with Gasteiger partial charge in [0.05, 0.1) is 0 Å². The minimum absolute atomic E-state index is 0.343. The molecule has 0 aliphatic rings. The van der Waals surface area contributed by atoms with Crippen LogP contribution in [0.2, 0.25) is 0 Å². The van der Waals surface area contributed by atoms with Crippen molar-refractivity contribution in [1.82, 2.24) is 0 Å². The van der Waals surface area contributed by atoms with Crippen molar-refractivity contribution in [1.29, 1.82) is 0 Å². The van der Waals surface area contributed by atoms with Crippen molar-refractivity contribution < 1.29 is 19.1 Å².